The Morgan fingerprint density at radius 1 is 0.682 bits per heavy atom. The number of hydrogen-bond acceptors (Lipinski definition) is 2. The average Bonchev–Trinajstić information content (AvgIpc) is 2.52. The zero-order valence-electron chi connectivity index (χ0n) is 15.1. The van der Waals surface area contributed by atoms with Crippen LogP contribution in [0.25, 0.3) is 0 Å². The second-order valence-corrected chi connectivity index (χ2v) is 7.05. The largest absolute Gasteiger partial charge is 0.461 e. The second kappa shape index (κ2) is 13.0. The van der Waals surface area contributed by atoms with Crippen molar-refractivity contribution >= 4 is 5.97 Å². The Kier molecular flexibility index (Phi) is 11.5. The fourth-order valence-electron chi connectivity index (χ4n) is 3.41. The Morgan fingerprint density at radius 2 is 1.14 bits per heavy atom. The molecule has 1 fully saturated rings. The van der Waals surface area contributed by atoms with Gasteiger partial charge in [0.15, 0.2) is 0 Å². The SMILES string of the molecule is CCCCCCCCC[C@@H]1OC(=O)[C@H]1CCCCCCCC. The van der Waals surface area contributed by atoms with Crippen LogP contribution in [-0.2, 0) is 9.53 Å². The Morgan fingerprint density at radius 3 is 1.64 bits per heavy atom. The predicted octanol–water partition coefficient (Wildman–Crippen LogP) is 6.42. The zero-order valence-corrected chi connectivity index (χ0v) is 15.1. The van der Waals surface area contributed by atoms with Crippen molar-refractivity contribution in [2.75, 3.05) is 0 Å². The molecule has 0 amide bonds. The third-order valence-electron chi connectivity index (χ3n) is 4.98. The van der Waals surface area contributed by atoms with Gasteiger partial charge in [-0.1, -0.05) is 90.9 Å². The smallest absolute Gasteiger partial charge is 0.313 e. The lowest BCUT2D eigenvalue weighted by atomic mass is 9.87. The van der Waals surface area contributed by atoms with E-state index in [2.05, 4.69) is 13.8 Å². The van der Waals surface area contributed by atoms with E-state index in [1.807, 2.05) is 0 Å². The number of ether oxygens (including phenoxy) is 1. The van der Waals surface area contributed by atoms with E-state index >= 15 is 0 Å². The molecule has 0 aliphatic carbocycles. The molecule has 2 atom stereocenters. The molecule has 1 heterocycles. The van der Waals surface area contributed by atoms with Crippen molar-refractivity contribution in [3.8, 4) is 0 Å². The molecule has 2 nitrogen and oxygen atoms in total. The predicted molar refractivity (Wildman–Crippen MR) is 94.0 cm³/mol. The van der Waals surface area contributed by atoms with Crippen molar-refractivity contribution in [1.29, 1.82) is 0 Å². The van der Waals surface area contributed by atoms with E-state index in [4.69, 9.17) is 4.74 Å². The van der Waals surface area contributed by atoms with Gasteiger partial charge < -0.3 is 4.74 Å². The Labute approximate surface area is 138 Å². The first-order valence-corrected chi connectivity index (χ1v) is 10.00. The van der Waals surface area contributed by atoms with E-state index in [0.717, 1.165) is 12.8 Å². The number of unbranched alkanes of at least 4 members (excludes halogenated alkanes) is 11. The van der Waals surface area contributed by atoms with Crippen molar-refractivity contribution in [1.82, 2.24) is 0 Å². The molecule has 0 bridgehead atoms. The first-order chi connectivity index (χ1) is 10.8. The second-order valence-electron chi connectivity index (χ2n) is 7.05. The van der Waals surface area contributed by atoms with Crippen LogP contribution in [0.2, 0.25) is 0 Å². The number of rotatable bonds is 15. The highest BCUT2D eigenvalue weighted by Crippen LogP contribution is 2.31. The van der Waals surface area contributed by atoms with Crippen LogP contribution < -0.4 is 0 Å². The lowest BCUT2D eigenvalue weighted by molar-refractivity contribution is -0.186. The minimum atomic E-state index is 0.0708. The molecule has 0 radical (unpaired) electrons. The van der Waals surface area contributed by atoms with E-state index in [1.54, 1.807) is 0 Å². The monoisotopic (exact) mass is 310 g/mol. The van der Waals surface area contributed by atoms with Gasteiger partial charge in [0.2, 0.25) is 0 Å². The summed E-state index contributed by atoms with van der Waals surface area (Å²) in [4.78, 5) is 11.6. The molecule has 0 unspecified atom stereocenters. The van der Waals surface area contributed by atoms with Gasteiger partial charge >= 0.3 is 5.97 Å². The lowest BCUT2D eigenvalue weighted by Gasteiger charge is -2.35. The summed E-state index contributed by atoms with van der Waals surface area (Å²) in [5, 5.41) is 0. The van der Waals surface area contributed by atoms with Crippen LogP contribution in [0.3, 0.4) is 0 Å². The maximum atomic E-state index is 11.6. The van der Waals surface area contributed by atoms with Gasteiger partial charge in [-0.15, -0.1) is 0 Å². The summed E-state index contributed by atoms with van der Waals surface area (Å²) in [5.74, 6) is 0.299. The quantitative estimate of drug-likeness (QED) is 0.258. The van der Waals surface area contributed by atoms with Crippen LogP contribution in [-0.4, -0.2) is 12.1 Å². The number of esters is 1. The minimum absolute atomic E-state index is 0.0708. The fraction of sp³-hybridized carbons (Fsp3) is 0.950. The van der Waals surface area contributed by atoms with E-state index in [1.165, 1.54) is 83.5 Å². The molecule has 130 valence electrons. The lowest BCUT2D eigenvalue weighted by Crippen LogP contribution is -2.44. The standard InChI is InChI=1S/C20H38O2/c1-3-5-7-9-11-13-15-17-19-18(20(21)22-19)16-14-12-10-8-6-4-2/h18-19H,3-17H2,1-2H3/t18-,19-/m0/s1. The molecule has 1 rings (SSSR count). The zero-order chi connectivity index (χ0) is 16.0. The first kappa shape index (κ1) is 19.5. The number of carbonyl (C=O) groups excluding carboxylic acids is 1. The molecule has 0 N–H and O–H groups in total. The molecule has 1 saturated heterocycles. The van der Waals surface area contributed by atoms with Crippen LogP contribution in [0.1, 0.15) is 110 Å². The van der Waals surface area contributed by atoms with Gasteiger partial charge in [0.1, 0.15) is 6.10 Å². The summed E-state index contributed by atoms with van der Waals surface area (Å²) < 4.78 is 5.35. The number of carbonyl (C=O) groups is 1. The highest BCUT2D eigenvalue weighted by molar-refractivity contribution is 5.78. The van der Waals surface area contributed by atoms with E-state index in [0.29, 0.717) is 0 Å². The van der Waals surface area contributed by atoms with Gasteiger partial charge in [-0.05, 0) is 19.3 Å². The summed E-state index contributed by atoms with van der Waals surface area (Å²) >= 11 is 0. The maximum absolute atomic E-state index is 11.6. The molecule has 0 aromatic carbocycles. The van der Waals surface area contributed by atoms with Gasteiger partial charge in [-0.3, -0.25) is 4.79 Å². The Bertz CT molecular complexity index is 275. The van der Waals surface area contributed by atoms with E-state index in [-0.39, 0.29) is 18.0 Å². The molecule has 1 aliphatic heterocycles. The van der Waals surface area contributed by atoms with Crippen molar-refractivity contribution in [2.24, 2.45) is 5.92 Å². The van der Waals surface area contributed by atoms with Gasteiger partial charge in [-0.2, -0.15) is 0 Å². The minimum Gasteiger partial charge on any atom is -0.461 e. The van der Waals surface area contributed by atoms with Crippen LogP contribution in [0.4, 0.5) is 0 Å². The maximum Gasteiger partial charge on any atom is 0.313 e. The molecule has 2 heteroatoms. The number of hydrogen-bond donors (Lipinski definition) is 0. The van der Waals surface area contributed by atoms with Crippen LogP contribution in [0.15, 0.2) is 0 Å². The van der Waals surface area contributed by atoms with Crippen molar-refractivity contribution < 1.29 is 9.53 Å². The fourth-order valence-corrected chi connectivity index (χ4v) is 3.41. The highest BCUT2D eigenvalue weighted by Gasteiger charge is 2.40. The third-order valence-corrected chi connectivity index (χ3v) is 4.98. The average molecular weight is 311 g/mol. The summed E-state index contributed by atoms with van der Waals surface area (Å²) in [6.07, 6.45) is 19.6. The normalized spacial score (nSPS) is 20.7. The van der Waals surface area contributed by atoms with E-state index < -0.39 is 0 Å². The molecule has 0 aromatic heterocycles. The van der Waals surface area contributed by atoms with Crippen LogP contribution >= 0.6 is 0 Å². The summed E-state index contributed by atoms with van der Waals surface area (Å²) in [5.41, 5.74) is 0. The third kappa shape index (κ3) is 8.19. The van der Waals surface area contributed by atoms with Gasteiger partial charge in [-0.25, -0.2) is 0 Å². The van der Waals surface area contributed by atoms with Crippen LogP contribution in [0.5, 0.6) is 0 Å². The van der Waals surface area contributed by atoms with Crippen molar-refractivity contribution in [3.05, 3.63) is 0 Å². The molecule has 0 aromatic rings. The van der Waals surface area contributed by atoms with Crippen LogP contribution in [0, 0.1) is 5.92 Å². The molecule has 0 saturated carbocycles. The summed E-state index contributed by atoms with van der Waals surface area (Å²) in [6, 6.07) is 0. The topological polar surface area (TPSA) is 26.3 Å². The summed E-state index contributed by atoms with van der Waals surface area (Å²) in [7, 11) is 0. The van der Waals surface area contributed by atoms with Crippen molar-refractivity contribution in [2.45, 2.75) is 116 Å². The highest BCUT2D eigenvalue weighted by atomic mass is 16.6. The molecule has 22 heavy (non-hydrogen) atoms. The molecule has 0 spiro atoms. The van der Waals surface area contributed by atoms with E-state index in [9.17, 15) is 4.79 Å². The van der Waals surface area contributed by atoms with Gasteiger partial charge in [0.05, 0.1) is 5.92 Å². The van der Waals surface area contributed by atoms with Crippen molar-refractivity contribution in [3.63, 3.8) is 0 Å². The summed E-state index contributed by atoms with van der Waals surface area (Å²) in [6.45, 7) is 4.51. The van der Waals surface area contributed by atoms with Gasteiger partial charge in [0.25, 0.3) is 0 Å². The molecule has 1 aliphatic rings. The Balaban J connectivity index is 1.96. The molecular weight excluding hydrogens is 272 g/mol. The number of cyclic esters (lactones) is 1. The first-order valence-electron chi connectivity index (χ1n) is 10.00. The Hall–Kier alpha value is -0.530. The molecular formula is C20H38O2. The van der Waals surface area contributed by atoms with Gasteiger partial charge in [0, 0.05) is 0 Å².